The summed E-state index contributed by atoms with van der Waals surface area (Å²) in [5, 5.41) is 12.4. The molecule has 0 bridgehead atoms. The second-order valence-electron chi connectivity index (χ2n) is 4.50. The molecule has 0 aromatic carbocycles. The minimum Gasteiger partial charge on any atom is -0.389 e. The van der Waals surface area contributed by atoms with Crippen molar-refractivity contribution < 1.29 is 9.90 Å². The fraction of sp³-hybridized carbons (Fsp3) is 0.214. The Kier molecular flexibility index (Phi) is 4.68. The second-order valence-corrected chi connectivity index (χ2v) is 4.50. The predicted molar refractivity (Wildman–Crippen MR) is 76.1 cm³/mol. The molecule has 1 unspecified atom stereocenters. The fourth-order valence-electron chi connectivity index (χ4n) is 1.77. The summed E-state index contributed by atoms with van der Waals surface area (Å²) in [7, 11) is 0. The monoisotopic (exact) mass is 289 g/mol. The largest absolute Gasteiger partial charge is 0.389 e. The molecule has 0 aliphatic carbocycles. The second kappa shape index (κ2) is 6.67. The Labute approximate surface area is 119 Å². The van der Waals surface area contributed by atoms with Crippen molar-refractivity contribution in [2.75, 3.05) is 6.54 Å². The van der Waals surface area contributed by atoms with Crippen molar-refractivity contribution in [2.45, 2.75) is 12.6 Å². The normalized spacial score (nSPS) is 11.9. The van der Waals surface area contributed by atoms with E-state index >= 15 is 0 Å². The van der Waals surface area contributed by atoms with Crippen LogP contribution in [0.5, 0.6) is 0 Å². The number of nitrogens with zero attached hydrogens (tertiary/aromatic N) is 1. The van der Waals surface area contributed by atoms with Crippen LogP contribution in [0.25, 0.3) is 0 Å². The highest BCUT2D eigenvalue weighted by Gasteiger charge is 2.10. The number of hydrogen-bond acceptors (Lipinski definition) is 4. The van der Waals surface area contributed by atoms with Gasteiger partial charge < -0.3 is 20.0 Å². The van der Waals surface area contributed by atoms with Gasteiger partial charge in [0.25, 0.3) is 11.5 Å². The van der Waals surface area contributed by atoms with Gasteiger partial charge in [-0.2, -0.15) is 0 Å². The van der Waals surface area contributed by atoms with E-state index in [0.29, 0.717) is 5.56 Å². The highest BCUT2D eigenvalue weighted by Crippen LogP contribution is 1.94. The molecule has 2 rings (SSSR count). The SMILES string of the molecule is O=C(NCC(O)Cn1ccccc1=O)c1ccc(=O)[nH]c1. The lowest BCUT2D eigenvalue weighted by molar-refractivity contribution is 0.0903. The molecule has 1 atom stereocenters. The third-order valence-electron chi connectivity index (χ3n) is 2.85. The molecule has 0 aliphatic rings. The maximum atomic E-state index is 11.8. The minimum atomic E-state index is -0.892. The Hall–Kier alpha value is -2.67. The molecule has 1 amide bonds. The van der Waals surface area contributed by atoms with Crippen molar-refractivity contribution >= 4 is 5.91 Å². The van der Waals surface area contributed by atoms with Crippen LogP contribution >= 0.6 is 0 Å². The van der Waals surface area contributed by atoms with Crippen LogP contribution < -0.4 is 16.4 Å². The van der Waals surface area contributed by atoms with Gasteiger partial charge in [0.1, 0.15) is 0 Å². The smallest absolute Gasteiger partial charge is 0.252 e. The highest BCUT2D eigenvalue weighted by molar-refractivity contribution is 5.93. The van der Waals surface area contributed by atoms with Gasteiger partial charge in [0.2, 0.25) is 5.56 Å². The first-order valence-electron chi connectivity index (χ1n) is 6.37. The van der Waals surface area contributed by atoms with Gasteiger partial charge in [0, 0.05) is 31.1 Å². The average Bonchev–Trinajstić information content (AvgIpc) is 2.48. The number of aliphatic hydroxyl groups excluding tert-OH is 1. The van der Waals surface area contributed by atoms with Gasteiger partial charge in [0.15, 0.2) is 0 Å². The molecule has 0 saturated heterocycles. The molecule has 2 aromatic heterocycles. The number of aromatic amines is 1. The zero-order valence-electron chi connectivity index (χ0n) is 11.2. The van der Waals surface area contributed by atoms with Crippen molar-refractivity contribution in [2.24, 2.45) is 0 Å². The number of aliphatic hydroxyl groups is 1. The van der Waals surface area contributed by atoms with Crippen LogP contribution in [0.3, 0.4) is 0 Å². The number of hydrogen-bond donors (Lipinski definition) is 3. The van der Waals surface area contributed by atoms with E-state index in [2.05, 4.69) is 10.3 Å². The summed E-state index contributed by atoms with van der Waals surface area (Å²) < 4.78 is 1.36. The maximum Gasteiger partial charge on any atom is 0.252 e. The molecule has 0 saturated carbocycles. The summed E-state index contributed by atoms with van der Waals surface area (Å²) in [6.45, 7) is 0.0882. The van der Waals surface area contributed by atoms with Gasteiger partial charge in [-0.3, -0.25) is 14.4 Å². The Morgan fingerprint density at radius 2 is 2.10 bits per heavy atom. The zero-order chi connectivity index (χ0) is 15.2. The third kappa shape index (κ3) is 4.15. The minimum absolute atomic E-state index is 0.000700. The number of amides is 1. The van der Waals surface area contributed by atoms with Crippen molar-refractivity contribution in [3.05, 3.63) is 69.0 Å². The zero-order valence-corrected chi connectivity index (χ0v) is 11.2. The molecular formula is C14H15N3O4. The first-order chi connectivity index (χ1) is 10.1. The predicted octanol–water partition coefficient (Wildman–Crippen LogP) is -0.673. The van der Waals surface area contributed by atoms with Gasteiger partial charge in [-0.15, -0.1) is 0 Å². The van der Waals surface area contributed by atoms with Crippen LogP contribution in [0.1, 0.15) is 10.4 Å². The van der Waals surface area contributed by atoms with Crippen molar-refractivity contribution in [1.29, 1.82) is 0 Å². The summed E-state index contributed by atoms with van der Waals surface area (Å²) in [5.41, 5.74) is -0.225. The maximum absolute atomic E-state index is 11.8. The van der Waals surface area contributed by atoms with Crippen LogP contribution in [0, 0.1) is 0 Å². The molecule has 0 radical (unpaired) electrons. The molecule has 3 N–H and O–H groups in total. The first-order valence-corrected chi connectivity index (χ1v) is 6.37. The number of H-pyrrole nitrogens is 1. The van der Waals surface area contributed by atoms with Crippen molar-refractivity contribution in [3.8, 4) is 0 Å². The summed E-state index contributed by atoms with van der Waals surface area (Å²) in [6.07, 6.45) is 1.97. The summed E-state index contributed by atoms with van der Waals surface area (Å²) in [6, 6.07) is 7.33. The fourth-order valence-corrected chi connectivity index (χ4v) is 1.77. The summed E-state index contributed by atoms with van der Waals surface area (Å²) in [4.78, 5) is 36.5. The Balaban J connectivity index is 1.89. The Bertz CT molecular complexity index is 715. The van der Waals surface area contributed by atoms with Crippen molar-refractivity contribution in [1.82, 2.24) is 14.9 Å². The molecule has 7 nitrogen and oxygen atoms in total. The molecule has 110 valence electrons. The molecule has 2 heterocycles. The van der Waals surface area contributed by atoms with Gasteiger partial charge in [-0.05, 0) is 12.1 Å². The number of aromatic nitrogens is 2. The average molecular weight is 289 g/mol. The van der Waals surface area contributed by atoms with Crippen LogP contribution in [-0.4, -0.2) is 33.2 Å². The van der Waals surface area contributed by atoms with Crippen LogP contribution in [-0.2, 0) is 6.54 Å². The van der Waals surface area contributed by atoms with Gasteiger partial charge in [-0.25, -0.2) is 0 Å². The Morgan fingerprint density at radius 3 is 2.76 bits per heavy atom. The molecule has 0 spiro atoms. The van der Waals surface area contributed by atoms with Crippen LogP contribution in [0.4, 0.5) is 0 Å². The van der Waals surface area contributed by atoms with E-state index in [9.17, 15) is 19.5 Å². The standard InChI is InChI=1S/C14H15N3O4/c18-11(9-17-6-2-1-3-13(17)20)8-16-14(21)10-4-5-12(19)15-7-10/h1-7,11,18H,8-9H2,(H,15,19)(H,16,21). The lowest BCUT2D eigenvalue weighted by atomic mass is 10.2. The van der Waals surface area contributed by atoms with E-state index in [-0.39, 0.29) is 24.2 Å². The van der Waals surface area contributed by atoms with Gasteiger partial charge >= 0.3 is 0 Å². The third-order valence-corrected chi connectivity index (χ3v) is 2.85. The quantitative estimate of drug-likeness (QED) is 0.679. The lowest BCUT2D eigenvalue weighted by Crippen LogP contribution is -2.36. The molecule has 0 fully saturated rings. The highest BCUT2D eigenvalue weighted by atomic mass is 16.3. The number of pyridine rings is 2. The number of rotatable bonds is 5. The van der Waals surface area contributed by atoms with E-state index in [1.54, 1.807) is 18.3 Å². The van der Waals surface area contributed by atoms with Crippen LogP contribution in [0.2, 0.25) is 0 Å². The van der Waals surface area contributed by atoms with E-state index < -0.39 is 12.0 Å². The molecule has 7 heteroatoms. The van der Waals surface area contributed by atoms with E-state index in [0.717, 1.165) is 0 Å². The van der Waals surface area contributed by atoms with E-state index in [1.165, 1.54) is 29.0 Å². The molecule has 0 aliphatic heterocycles. The van der Waals surface area contributed by atoms with E-state index in [4.69, 9.17) is 0 Å². The molecule has 21 heavy (non-hydrogen) atoms. The topological polar surface area (TPSA) is 104 Å². The summed E-state index contributed by atoms with van der Waals surface area (Å²) in [5.74, 6) is -0.411. The van der Waals surface area contributed by atoms with E-state index in [1.807, 2.05) is 0 Å². The lowest BCUT2D eigenvalue weighted by Gasteiger charge is -2.13. The molecule has 2 aromatic rings. The van der Waals surface area contributed by atoms with Gasteiger partial charge in [-0.1, -0.05) is 6.07 Å². The van der Waals surface area contributed by atoms with Crippen LogP contribution in [0.15, 0.2) is 52.3 Å². The number of nitrogens with one attached hydrogen (secondary N) is 2. The Morgan fingerprint density at radius 1 is 1.29 bits per heavy atom. The van der Waals surface area contributed by atoms with Crippen molar-refractivity contribution in [3.63, 3.8) is 0 Å². The molecular weight excluding hydrogens is 274 g/mol. The van der Waals surface area contributed by atoms with Gasteiger partial charge in [0.05, 0.1) is 18.2 Å². The summed E-state index contributed by atoms with van der Waals surface area (Å²) >= 11 is 0. The number of carbonyl (C=O) groups is 1. The number of carbonyl (C=O) groups excluding carboxylic acids is 1. The first kappa shape index (κ1) is 14.7.